The van der Waals surface area contributed by atoms with Gasteiger partial charge in [0, 0.05) is 26.7 Å². The van der Waals surface area contributed by atoms with Gasteiger partial charge in [-0.05, 0) is 68.0 Å². The minimum absolute atomic E-state index is 0.0244. The van der Waals surface area contributed by atoms with Gasteiger partial charge in [-0.25, -0.2) is 9.59 Å². The summed E-state index contributed by atoms with van der Waals surface area (Å²) in [5.41, 5.74) is 1.09. The average molecular weight is 480 g/mol. The van der Waals surface area contributed by atoms with Gasteiger partial charge < -0.3 is 14.9 Å². The highest BCUT2D eigenvalue weighted by Crippen LogP contribution is 2.33. The maximum Gasteiger partial charge on any atom is 0.412 e. The van der Waals surface area contributed by atoms with Crippen LogP contribution in [0.2, 0.25) is 0 Å². The molecule has 0 fully saturated rings. The lowest BCUT2D eigenvalue weighted by Crippen LogP contribution is -2.18. The number of hydrogen-bond acceptors (Lipinski definition) is 5. The van der Waals surface area contributed by atoms with E-state index in [0.29, 0.717) is 30.5 Å². The summed E-state index contributed by atoms with van der Waals surface area (Å²) in [4.78, 5) is 24.0. The van der Waals surface area contributed by atoms with Gasteiger partial charge in [-0.1, -0.05) is 22.0 Å². The number of aromatic hydroxyl groups is 1. The molecule has 154 valence electrons. The molecule has 0 unspecified atom stereocenters. The molecular formula is C21H22BrNO5S. The van der Waals surface area contributed by atoms with Crippen LogP contribution in [-0.4, -0.2) is 28.5 Å². The Morgan fingerprint density at radius 1 is 1.24 bits per heavy atom. The van der Waals surface area contributed by atoms with E-state index in [1.165, 1.54) is 6.07 Å². The van der Waals surface area contributed by atoms with Crippen molar-refractivity contribution in [3.8, 4) is 5.75 Å². The van der Waals surface area contributed by atoms with E-state index in [2.05, 4.69) is 21.2 Å². The second kappa shape index (κ2) is 11.5. The molecule has 2 aromatic rings. The van der Waals surface area contributed by atoms with Crippen LogP contribution in [0, 0.1) is 0 Å². The molecule has 6 nitrogen and oxygen atoms in total. The predicted molar refractivity (Wildman–Crippen MR) is 118 cm³/mol. The van der Waals surface area contributed by atoms with E-state index in [1.807, 2.05) is 18.4 Å². The van der Waals surface area contributed by atoms with Gasteiger partial charge in [0.05, 0.1) is 0 Å². The highest BCUT2D eigenvalue weighted by molar-refractivity contribution is 9.10. The number of benzene rings is 2. The highest BCUT2D eigenvalue weighted by Gasteiger charge is 2.20. The van der Waals surface area contributed by atoms with Gasteiger partial charge in [-0.2, -0.15) is 0 Å². The number of carbonyl (C=O) groups is 2. The quantitative estimate of drug-likeness (QED) is 0.232. The number of halogens is 1. The number of ether oxygens (including phenoxy) is 1. The first-order valence-corrected chi connectivity index (χ1v) is 10.9. The second-order valence-corrected chi connectivity index (χ2v) is 7.92. The number of unbranched alkanes of at least 4 members (excludes halogenated alkanes) is 1. The first-order chi connectivity index (χ1) is 13.9. The summed E-state index contributed by atoms with van der Waals surface area (Å²) in [6.07, 6.45) is 4.80. The van der Waals surface area contributed by atoms with Gasteiger partial charge in [0.2, 0.25) is 0 Å². The van der Waals surface area contributed by atoms with Gasteiger partial charge >= 0.3 is 12.1 Å². The first-order valence-electron chi connectivity index (χ1n) is 8.88. The van der Waals surface area contributed by atoms with Gasteiger partial charge in [0.15, 0.2) is 0 Å². The summed E-state index contributed by atoms with van der Waals surface area (Å²) in [6, 6.07) is 12.3. The molecule has 0 aliphatic rings. The van der Waals surface area contributed by atoms with Gasteiger partial charge in [-0.3, -0.25) is 5.32 Å². The Bertz CT molecular complexity index is 870. The van der Waals surface area contributed by atoms with E-state index in [0.717, 1.165) is 15.4 Å². The summed E-state index contributed by atoms with van der Waals surface area (Å²) in [7, 11) is 0. The van der Waals surface area contributed by atoms with Crippen LogP contribution in [0.15, 0.2) is 64.0 Å². The maximum absolute atomic E-state index is 12.4. The van der Waals surface area contributed by atoms with Crippen LogP contribution in [0.25, 0.3) is 0 Å². The molecule has 0 heterocycles. The summed E-state index contributed by atoms with van der Waals surface area (Å²) in [5, 5.41) is 21.6. The number of amides is 1. The third-order valence-electron chi connectivity index (χ3n) is 4.02. The number of rotatable bonds is 9. The molecule has 29 heavy (non-hydrogen) atoms. The van der Waals surface area contributed by atoms with Crippen LogP contribution in [0.5, 0.6) is 5.75 Å². The normalized spacial score (nSPS) is 11.9. The van der Waals surface area contributed by atoms with Crippen molar-refractivity contribution < 1.29 is 24.5 Å². The Labute approximate surface area is 182 Å². The molecule has 0 radical (unpaired) electrons. The Kier molecular flexibility index (Phi) is 9.08. The Morgan fingerprint density at radius 2 is 1.97 bits per heavy atom. The lowest BCUT2D eigenvalue weighted by atomic mass is 10.0. The van der Waals surface area contributed by atoms with E-state index in [1.54, 1.807) is 42.1 Å². The lowest BCUT2D eigenvalue weighted by molar-refractivity contribution is -0.131. The van der Waals surface area contributed by atoms with Crippen LogP contribution >= 0.6 is 27.7 Å². The molecule has 0 saturated carbocycles. The van der Waals surface area contributed by atoms with Crippen LogP contribution in [0.1, 0.15) is 30.9 Å². The lowest BCUT2D eigenvalue weighted by Gasteiger charge is -2.20. The third kappa shape index (κ3) is 7.83. The Hall–Kier alpha value is -2.45. The molecule has 1 amide bonds. The maximum atomic E-state index is 12.4. The Balaban J connectivity index is 2.07. The number of phenolic OH excluding ortho intramolecular Hbond substituents is 1. The van der Waals surface area contributed by atoms with Gasteiger partial charge in [0.1, 0.15) is 11.9 Å². The minimum atomic E-state index is -1.01. The molecule has 0 spiro atoms. The molecule has 8 heteroatoms. The fourth-order valence-corrected chi connectivity index (χ4v) is 3.40. The van der Waals surface area contributed by atoms with Crippen LogP contribution < -0.4 is 5.32 Å². The number of thioether (sulfide) groups is 1. The van der Waals surface area contributed by atoms with Crippen LogP contribution in [0.4, 0.5) is 10.5 Å². The molecular weight excluding hydrogens is 458 g/mol. The molecule has 0 aliphatic carbocycles. The summed E-state index contributed by atoms with van der Waals surface area (Å²) >= 11 is 4.97. The molecule has 0 bridgehead atoms. The van der Waals surface area contributed by atoms with Gasteiger partial charge in [-0.15, -0.1) is 11.8 Å². The zero-order chi connectivity index (χ0) is 21.2. The molecule has 1 atom stereocenters. The smallest absolute Gasteiger partial charge is 0.412 e. The van der Waals surface area contributed by atoms with E-state index in [9.17, 15) is 14.7 Å². The zero-order valence-corrected chi connectivity index (χ0v) is 18.2. The number of carboxylic acid groups (broad SMARTS) is 1. The van der Waals surface area contributed by atoms with E-state index >= 15 is 0 Å². The van der Waals surface area contributed by atoms with Crippen molar-refractivity contribution in [2.45, 2.75) is 30.3 Å². The summed E-state index contributed by atoms with van der Waals surface area (Å²) in [5.74, 6) is -0.981. The molecule has 0 aromatic heterocycles. The van der Waals surface area contributed by atoms with Crippen LogP contribution in [0.3, 0.4) is 0 Å². The molecule has 3 N–H and O–H groups in total. The fraction of sp³-hybridized carbons (Fsp3) is 0.238. The van der Waals surface area contributed by atoms with Crippen molar-refractivity contribution in [3.05, 3.63) is 64.7 Å². The van der Waals surface area contributed by atoms with Crippen molar-refractivity contribution in [1.29, 1.82) is 0 Å². The molecule has 2 aromatic carbocycles. The standard InChI is InChI=1S/C21H22BrNO5S/c1-29-16-10-8-15(9-11-16)23-21(27)28-19(5-3-2-4-6-20(25)26)17-13-14(22)7-12-18(17)24/h4,6-13,19,24H,2-3,5H2,1H3,(H,23,27)(H,25,26)/b6-4+/t19-/m0/s1. The van der Waals surface area contributed by atoms with E-state index in [-0.39, 0.29) is 5.75 Å². The first kappa shape index (κ1) is 22.8. The minimum Gasteiger partial charge on any atom is -0.508 e. The van der Waals surface area contributed by atoms with Crippen molar-refractivity contribution >= 4 is 45.4 Å². The van der Waals surface area contributed by atoms with Crippen molar-refractivity contribution in [2.24, 2.45) is 0 Å². The number of aliphatic carboxylic acids is 1. The molecule has 0 saturated heterocycles. The number of phenols is 1. The average Bonchev–Trinajstić information content (AvgIpc) is 2.69. The summed E-state index contributed by atoms with van der Waals surface area (Å²) in [6.45, 7) is 0. The topological polar surface area (TPSA) is 95.9 Å². The van der Waals surface area contributed by atoms with Crippen molar-refractivity contribution in [3.63, 3.8) is 0 Å². The highest BCUT2D eigenvalue weighted by atomic mass is 79.9. The van der Waals surface area contributed by atoms with Crippen molar-refractivity contribution in [1.82, 2.24) is 0 Å². The van der Waals surface area contributed by atoms with Crippen LogP contribution in [-0.2, 0) is 9.53 Å². The van der Waals surface area contributed by atoms with Crippen molar-refractivity contribution in [2.75, 3.05) is 11.6 Å². The summed E-state index contributed by atoms with van der Waals surface area (Å²) < 4.78 is 6.33. The number of carboxylic acids is 1. The predicted octanol–water partition coefficient (Wildman–Crippen LogP) is 5.98. The SMILES string of the molecule is CSc1ccc(NC(=O)O[C@@H](CCC/C=C/C(=O)O)c2cc(Br)ccc2O)cc1. The number of allylic oxidation sites excluding steroid dienone is 1. The number of carbonyl (C=O) groups excluding carboxylic acids is 1. The Morgan fingerprint density at radius 3 is 2.62 bits per heavy atom. The number of hydrogen-bond donors (Lipinski definition) is 3. The largest absolute Gasteiger partial charge is 0.508 e. The molecule has 2 rings (SSSR count). The monoisotopic (exact) mass is 479 g/mol. The third-order valence-corrected chi connectivity index (χ3v) is 5.26. The molecule has 0 aliphatic heterocycles. The van der Waals surface area contributed by atoms with Gasteiger partial charge in [0.25, 0.3) is 0 Å². The number of nitrogens with one attached hydrogen (secondary N) is 1. The second-order valence-electron chi connectivity index (χ2n) is 6.12. The fourth-order valence-electron chi connectivity index (χ4n) is 2.62. The number of anilines is 1. The van der Waals surface area contributed by atoms with E-state index in [4.69, 9.17) is 9.84 Å². The van der Waals surface area contributed by atoms with E-state index < -0.39 is 18.2 Å². The zero-order valence-electron chi connectivity index (χ0n) is 15.8.